The molecule has 2 N–H and O–H groups in total. The summed E-state index contributed by atoms with van der Waals surface area (Å²) in [5, 5.41) is 13.0. The molecule has 0 bridgehead atoms. The van der Waals surface area contributed by atoms with Crippen molar-refractivity contribution in [1.82, 2.24) is 10.2 Å². The highest BCUT2D eigenvalue weighted by Gasteiger charge is 2.47. The third kappa shape index (κ3) is 3.49. The van der Waals surface area contributed by atoms with Crippen LogP contribution in [-0.2, 0) is 11.3 Å². The number of carbonyl (C=O) groups is 1. The Morgan fingerprint density at radius 1 is 1.25 bits per heavy atom. The molecule has 1 atom stereocenters. The largest absolute Gasteiger partial charge is 0.497 e. The fourth-order valence-electron chi connectivity index (χ4n) is 4.07. The number of ether oxygens (including phenoxy) is 2. The van der Waals surface area contributed by atoms with E-state index in [1.165, 1.54) is 0 Å². The topological polar surface area (TPSA) is 71.0 Å². The molecule has 2 aliphatic rings. The summed E-state index contributed by atoms with van der Waals surface area (Å²) >= 11 is 0. The first-order valence-corrected chi connectivity index (χ1v) is 8.45. The summed E-state index contributed by atoms with van der Waals surface area (Å²) in [6, 6.07) is 5.32. The van der Waals surface area contributed by atoms with E-state index in [1.807, 2.05) is 18.2 Å². The van der Waals surface area contributed by atoms with Crippen molar-refractivity contribution >= 4 is 5.97 Å². The lowest BCUT2D eigenvalue weighted by Crippen LogP contribution is -2.38. The molecule has 3 rings (SSSR count). The minimum Gasteiger partial charge on any atom is -0.497 e. The quantitative estimate of drug-likeness (QED) is 0.855. The van der Waals surface area contributed by atoms with Gasteiger partial charge in [0, 0.05) is 19.2 Å². The van der Waals surface area contributed by atoms with Gasteiger partial charge < -0.3 is 19.9 Å². The Morgan fingerprint density at radius 2 is 1.88 bits per heavy atom. The molecule has 0 amide bonds. The maximum Gasteiger partial charge on any atom is 0.320 e. The van der Waals surface area contributed by atoms with E-state index in [0.29, 0.717) is 6.54 Å². The lowest BCUT2D eigenvalue weighted by molar-refractivity contribution is -0.142. The second-order valence-corrected chi connectivity index (χ2v) is 6.93. The normalized spacial score (nSPS) is 23.3. The smallest absolute Gasteiger partial charge is 0.320 e. The SMILES string of the molecule is COc1cc(CN2CC3(CCNCC3)C[C@H]2C(=O)O)cc(OC)c1. The van der Waals surface area contributed by atoms with Crippen LogP contribution < -0.4 is 14.8 Å². The number of benzene rings is 1. The highest BCUT2D eigenvalue weighted by atomic mass is 16.5. The molecule has 2 fully saturated rings. The molecule has 1 aromatic rings. The summed E-state index contributed by atoms with van der Waals surface area (Å²) in [6.45, 7) is 3.39. The third-order valence-electron chi connectivity index (χ3n) is 5.35. The van der Waals surface area contributed by atoms with E-state index in [2.05, 4.69) is 10.2 Å². The number of carboxylic acid groups (broad SMARTS) is 1. The Labute approximate surface area is 142 Å². The van der Waals surface area contributed by atoms with Crippen molar-refractivity contribution in [2.45, 2.75) is 31.8 Å². The predicted molar refractivity (Wildman–Crippen MR) is 90.5 cm³/mol. The summed E-state index contributed by atoms with van der Waals surface area (Å²) in [5.41, 5.74) is 1.15. The molecule has 1 spiro atoms. The van der Waals surface area contributed by atoms with Crippen molar-refractivity contribution in [2.24, 2.45) is 5.41 Å². The summed E-state index contributed by atoms with van der Waals surface area (Å²) in [4.78, 5) is 13.9. The molecule has 0 unspecified atom stereocenters. The van der Waals surface area contributed by atoms with Crippen molar-refractivity contribution in [1.29, 1.82) is 0 Å². The van der Waals surface area contributed by atoms with E-state index in [9.17, 15) is 9.90 Å². The van der Waals surface area contributed by atoms with E-state index in [-0.39, 0.29) is 5.41 Å². The van der Waals surface area contributed by atoms with Gasteiger partial charge in [0.25, 0.3) is 0 Å². The zero-order valence-electron chi connectivity index (χ0n) is 14.4. The standard InChI is InChI=1S/C18H26N2O4/c1-23-14-7-13(8-15(9-14)24-2)11-20-12-18(3-5-19-6-4-18)10-16(20)17(21)22/h7-9,16,19H,3-6,10-12H2,1-2H3,(H,21,22)/t16-/m0/s1. The van der Waals surface area contributed by atoms with Gasteiger partial charge in [-0.25, -0.2) is 0 Å². The molecule has 24 heavy (non-hydrogen) atoms. The van der Waals surface area contributed by atoms with Gasteiger partial charge in [0.15, 0.2) is 0 Å². The number of hydrogen-bond acceptors (Lipinski definition) is 5. The molecule has 132 valence electrons. The second-order valence-electron chi connectivity index (χ2n) is 6.93. The zero-order chi connectivity index (χ0) is 17.2. The van der Waals surface area contributed by atoms with Crippen molar-refractivity contribution in [3.05, 3.63) is 23.8 Å². The van der Waals surface area contributed by atoms with Crippen LogP contribution in [0, 0.1) is 5.41 Å². The molecule has 2 saturated heterocycles. The minimum atomic E-state index is -0.722. The highest BCUT2D eigenvalue weighted by Crippen LogP contribution is 2.42. The molecular weight excluding hydrogens is 308 g/mol. The van der Waals surface area contributed by atoms with Gasteiger partial charge in [0.1, 0.15) is 17.5 Å². The van der Waals surface area contributed by atoms with Crippen LogP contribution in [0.15, 0.2) is 18.2 Å². The second kappa shape index (κ2) is 6.99. The number of methoxy groups -OCH3 is 2. The third-order valence-corrected chi connectivity index (χ3v) is 5.35. The van der Waals surface area contributed by atoms with E-state index in [0.717, 1.165) is 56.0 Å². The summed E-state index contributed by atoms with van der Waals surface area (Å²) in [6.07, 6.45) is 2.84. The predicted octanol–water partition coefficient (Wildman–Crippen LogP) is 1.73. The van der Waals surface area contributed by atoms with Crippen LogP contribution in [-0.4, -0.2) is 55.9 Å². The Morgan fingerprint density at radius 3 is 2.42 bits per heavy atom. The fraction of sp³-hybridized carbons (Fsp3) is 0.611. The number of nitrogens with zero attached hydrogens (tertiary/aromatic N) is 1. The van der Waals surface area contributed by atoms with Gasteiger partial charge >= 0.3 is 5.97 Å². The summed E-state index contributed by atoms with van der Waals surface area (Å²) in [7, 11) is 3.25. The zero-order valence-corrected chi connectivity index (χ0v) is 14.4. The number of aliphatic carboxylic acids is 1. The van der Waals surface area contributed by atoms with Crippen molar-refractivity contribution < 1.29 is 19.4 Å². The van der Waals surface area contributed by atoms with Gasteiger partial charge in [-0.2, -0.15) is 0 Å². The van der Waals surface area contributed by atoms with Gasteiger partial charge in [-0.05, 0) is 55.5 Å². The van der Waals surface area contributed by atoms with Gasteiger partial charge in [-0.15, -0.1) is 0 Å². The maximum absolute atomic E-state index is 11.8. The monoisotopic (exact) mass is 334 g/mol. The lowest BCUT2D eigenvalue weighted by Gasteiger charge is -2.33. The number of piperidine rings is 1. The van der Waals surface area contributed by atoms with Crippen LogP contribution in [0.4, 0.5) is 0 Å². The number of likely N-dealkylation sites (tertiary alicyclic amines) is 1. The Bertz CT molecular complexity index is 576. The number of nitrogens with one attached hydrogen (secondary N) is 1. The van der Waals surface area contributed by atoms with Crippen LogP contribution in [0.2, 0.25) is 0 Å². The van der Waals surface area contributed by atoms with Crippen LogP contribution >= 0.6 is 0 Å². The van der Waals surface area contributed by atoms with Crippen LogP contribution in [0.3, 0.4) is 0 Å². The molecular formula is C18H26N2O4. The molecule has 1 aromatic carbocycles. The first kappa shape index (κ1) is 17.0. The van der Waals surface area contributed by atoms with E-state index in [4.69, 9.17) is 9.47 Å². The fourth-order valence-corrected chi connectivity index (χ4v) is 4.07. The van der Waals surface area contributed by atoms with E-state index >= 15 is 0 Å². The lowest BCUT2D eigenvalue weighted by atomic mass is 9.77. The molecule has 0 aliphatic carbocycles. The first-order valence-electron chi connectivity index (χ1n) is 8.45. The molecule has 0 radical (unpaired) electrons. The first-order chi connectivity index (χ1) is 11.5. The highest BCUT2D eigenvalue weighted by molar-refractivity contribution is 5.74. The van der Waals surface area contributed by atoms with Gasteiger partial charge in [-0.3, -0.25) is 9.69 Å². The van der Waals surface area contributed by atoms with Crippen molar-refractivity contribution in [2.75, 3.05) is 33.9 Å². The summed E-state index contributed by atoms with van der Waals surface area (Å²) in [5.74, 6) is 0.735. The number of carboxylic acids is 1. The number of rotatable bonds is 5. The average molecular weight is 334 g/mol. The average Bonchev–Trinajstić information content (AvgIpc) is 2.93. The summed E-state index contributed by atoms with van der Waals surface area (Å²) < 4.78 is 10.6. The van der Waals surface area contributed by atoms with E-state index in [1.54, 1.807) is 14.2 Å². The molecule has 2 aliphatic heterocycles. The van der Waals surface area contributed by atoms with Gasteiger partial charge in [-0.1, -0.05) is 0 Å². The number of hydrogen-bond donors (Lipinski definition) is 2. The Balaban J connectivity index is 1.80. The molecule has 0 saturated carbocycles. The Kier molecular flexibility index (Phi) is 4.96. The molecule has 0 aromatic heterocycles. The molecule has 2 heterocycles. The molecule has 6 heteroatoms. The minimum absolute atomic E-state index is 0.136. The molecule has 6 nitrogen and oxygen atoms in total. The Hall–Kier alpha value is -1.79. The van der Waals surface area contributed by atoms with Crippen LogP contribution in [0.25, 0.3) is 0 Å². The van der Waals surface area contributed by atoms with Crippen molar-refractivity contribution in [3.63, 3.8) is 0 Å². The van der Waals surface area contributed by atoms with Crippen LogP contribution in [0.1, 0.15) is 24.8 Å². The van der Waals surface area contributed by atoms with E-state index < -0.39 is 12.0 Å². The van der Waals surface area contributed by atoms with Crippen LogP contribution in [0.5, 0.6) is 11.5 Å². The van der Waals surface area contributed by atoms with Gasteiger partial charge in [0.2, 0.25) is 0 Å². The van der Waals surface area contributed by atoms with Crippen molar-refractivity contribution in [3.8, 4) is 11.5 Å². The van der Waals surface area contributed by atoms with Gasteiger partial charge in [0.05, 0.1) is 14.2 Å². The maximum atomic E-state index is 11.8.